The highest BCUT2D eigenvalue weighted by atomic mass is 16.3. The third-order valence-electron chi connectivity index (χ3n) is 3.80. The summed E-state index contributed by atoms with van der Waals surface area (Å²) in [5, 5.41) is 9.57. The van der Waals surface area contributed by atoms with Crippen molar-refractivity contribution in [1.29, 1.82) is 0 Å². The monoisotopic (exact) mass is 286 g/mol. The Morgan fingerprint density at radius 3 is 2.23 bits per heavy atom. The summed E-state index contributed by atoms with van der Waals surface area (Å²) in [6.07, 6.45) is 6.99. The first-order valence-corrected chi connectivity index (χ1v) is 7.51. The molecule has 0 saturated heterocycles. The topological polar surface area (TPSA) is 20.2 Å². The Morgan fingerprint density at radius 2 is 1.64 bits per heavy atom. The molecule has 2 aromatic rings. The van der Waals surface area contributed by atoms with Crippen molar-refractivity contribution in [2.75, 3.05) is 0 Å². The van der Waals surface area contributed by atoms with Crippen LogP contribution < -0.4 is 0 Å². The molecule has 0 unspecified atom stereocenters. The molecule has 0 fully saturated rings. The van der Waals surface area contributed by atoms with Crippen molar-refractivity contribution in [3.05, 3.63) is 101 Å². The van der Waals surface area contributed by atoms with E-state index < -0.39 is 0 Å². The summed E-state index contributed by atoms with van der Waals surface area (Å²) >= 11 is 0. The SMILES string of the molecule is CC/C(C1=C=CC=C1)=C(/c1ccccc1)c1ccc(O)cc1. The molecule has 3 rings (SSSR count). The van der Waals surface area contributed by atoms with E-state index >= 15 is 0 Å². The second-order valence-corrected chi connectivity index (χ2v) is 5.20. The zero-order valence-corrected chi connectivity index (χ0v) is 12.6. The summed E-state index contributed by atoms with van der Waals surface area (Å²) < 4.78 is 0. The Morgan fingerprint density at radius 1 is 0.955 bits per heavy atom. The summed E-state index contributed by atoms with van der Waals surface area (Å²) in [5.41, 5.74) is 9.20. The minimum atomic E-state index is 0.286. The highest BCUT2D eigenvalue weighted by Gasteiger charge is 2.13. The van der Waals surface area contributed by atoms with Gasteiger partial charge in [-0.15, -0.1) is 5.73 Å². The van der Waals surface area contributed by atoms with E-state index in [1.807, 2.05) is 30.4 Å². The van der Waals surface area contributed by atoms with E-state index in [1.165, 1.54) is 16.7 Å². The maximum Gasteiger partial charge on any atom is 0.115 e. The van der Waals surface area contributed by atoms with Gasteiger partial charge in [0.2, 0.25) is 0 Å². The molecule has 0 radical (unpaired) electrons. The van der Waals surface area contributed by atoms with E-state index in [9.17, 15) is 5.11 Å². The van der Waals surface area contributed by atoms with Crippen LogP contribution in [0, 0.1) is 0 Å². The van der Waals surface area contributed by atoms with Crippen molar-refractivity contribution in [2.24, 2.45) is 0 Å². The number of rotatable bonds is 4. The number of benzene rings is 2. The Balaban J connectivity index is 2.25. The van der Waals surface area contributed by atoms with Gasteiger partial charge < -0.3 is 5.11 Å². The molecule has 2 aromatic carbocycles. The fraction of sp³-hybridized carbons (Fsp3) is 0.0952. The maximum atomic E-state index is 9.57. The van der Waals surface area contributed by atoms with Gasteiger partial charge >= 0.3 is 0 Å². The molecular formula is C21H18O. The van der Waals surface area contributed by atoms with E-state index in [2.05, 4.69) is 43.0 Å². The first kappa shape index (κ1) is 14.2. The smallest absolute Gasteiger partial charge is 0.115 e. The molecule has 1 N–H and O–H groups in total. The molecule has 0 saturated carbocycles. The van der Waals surface area contributed by atoms with Gasteiger partial charge in [-0.1, -0.05) is 55.5 Å². The highest BCUT2D eigenvalue weighted by molar-refractivity contribution is 5.85. The number of hydrogen-bond donors (Lipinski definition) is 1. The van der Waals surface area contributed by atoms with E-state index in [-0.39, 0.29) is 5.75 Å². The largest absolute Gasteiger partial charge is 0.508 e. The van der Waals surface area contributed by atoms with Crippen molar-refractivity contribution in [1.82, 2.24) is 0 Å². The average Bonchev–Trinajstić information content (AvgIpc) is 3.08. The summed E-state index contributed by atoms with van der Waals surface area (Å²) in [4.78, 5) is 0. The Labute approximate surface area is 131 Å². The molecule has 0 aromatic heterocycles. The summed E-state index contributed by atoms with van der Waals surface area (Å²) in [6, 6.07) is 17.8. The van der Waals surface area contributed by atoms with Gasteiger partial charge in [-0.05, 0) is 53.0 Å². The van der Waals surface area contributed by atoms with Crippen LogP contribution in [0.4, 0.5) is 0 Å². The van der Waals surface area contributed by atoms with Gasteiger partial charge in [0, 0.05) is 5.57 Å². The van der Waals surface area contributed by atoms with Crippen molar-refractivity contribution < 1.29 is 5.11 Å². The number of hydrogen-bond acceptors (Lipinski definition) is 1. The van der Waals surface area contributed by atoms with E-state index in [1.54, 1.807) is 12.1 Å². The molecule has 0 atom stereocenters. The molecule has 0 spiro atoms. The lowest BCUT2D eigenvalue weighted by Crippen LogP contribution is -1.96. The molecule has 1 aliphatic rings. The van der Waals surface area contributed by atoms with Crippen LogP contribution in [0.25, 0.3) is 5.57 Å². The molecule has 108 valence electrons. The molecule has 1 nitrogen and oxygen atoms in total. The summed E-state index contributed by atoms with van der Waals surface area (Å²) in [5.74, 6) is 0.286. The number of phenols is 1. The molecular weight excluding hydrogens is 268 g/mol. The molecule has 0 aliphatic heterocycles. The minimum absolute atomic E-state index is 0.286. The van der Waals surface area contributed by atoms with Crippen LogP contribution in [-0.2, 0) is 0 Å². The molecule has 0 heterocycles. The quantitative estimate of drug-likeness (QED) is 0.760. The normalized spacial score (nSPS) is 14.0. The fourth-order valence-electron chi connectivity index (χ4n) is 2.77. The van der Waals surface area contributed by atoms with Gasteiger partial charge in [0.05, 0.1) is 0 Å². The van der Waals surface area contributed by atoms with Gasteiger partial charge in [0.25, 0.3) is 0 Å². The lowest BCUT2D eigenvalue weighted by molar-refractivity contribution is 0.475. The minimum Gasteiger partial charge on any atom is -0.508 e. The molecule has 0 bridgehead atoms. The third kappa shape index (κ3) is 2.81. The predicted molar refractivity (Wildman–Crippen MR) is 91.6 cm³/mol. The number of allylic oxidation sites excluding steroid dienone is 4. The van der Waals surface area contributed by atoms with E-state index in [0.29, 0.717) is 0 Å². The summed E-state index contributed by atoms with van der Waals surface area (Å²) in [7, 11) is 0. The van der Waals surface area contributed by atoms with Gasteiger partial charge in [0.15, 0.2) is 0 Å². The van der Waals surface area contributed by atoms with Crippen LogP contribution in [0.2, 0.25) is 0 Å². The zero-order chi connectivity index (χ0) is 15.4. The van der Waals surface area contributed by atoms with Gasteiger partial charge in [-0.3, -0.25) is 0 Å². The van der Waals surface area contributed by atoms with Crippen LogP contribution >= 0.6 is 0 Å². The fourth-order valence-corrected chi connectivity index (χ4v) is 2.77. The van der Waals surface area contributed by atoms with E-state index in [4.69, 9.17) is 0 Å². The Bertz CT molecular complexity index is 784. The molecule has 22 heavy (non-hydrogen) atoms. The van der Waals surface area contributed by atoms with Crippen molar-refractivity contribution in [3.63, 3.8) is 0 Å². The van der Waals surface area contributed by atoms with Crippen LogP contribution in [-0.4, -0.2) is 5.11 Å². The van der Waals surface area contributed by atoms with Crippen molar-refractivity contribution in [2.45, 2.75) is 13.3 Å². The second kappa shape index (κ2) is 6.34. The second-order valence-electron chi connectivity index (χ2n) is 5.20. The molecule has 1 heteroatoms. The summed E-state index contributed by atoms with van der Waals surface area (Å²) in [6.45, 7) is 2.17. The lowest BCUT2D eigenvalue weighted by atomic mass is 9.88. The van der Waals surface area contributed by atoms with Crippen LogP contribution in [0.3, 0.4) is 0 Å². The first-order chi connectivity index (χ1) is 10.8. The standard InChI is InChI=1S/C21H18O/c1-2-20(16-8-6-7-9-16)21(17-10-4-3-5-11-17)18-12-14-19(22)15-13-18/h3-8,10-15,22H,2H2,1H3/b21-20+. The molecule has 0 amide bonds. The highest BCUT2D eigenvalue weighted by Crippen LogP contribution is 2.33. The lowest BCUT2D eigenvalue weighted by Gasteiger charge is -2.15. The average molecular weight is 286 g/mol. The Kier molecular flexibility index (Phi) is 4.09. The van der Waals surface area contributed by atoms with Gasteiger partial charge in [0.1, 0.15) is 5.75 Å². The number of aromatic hydroxyl groups is 1. The third-order valence-corrected chi connectivity index (χ3v) is 3.80. The Hall–Kier alpha value is -2.76. The van der Waals surface area contributed by atoms with Crippen molar-refractivity contribution in [3.8, 4) is 5.75 Å². The van der Waals surface area contributed by atoms with Crippen LogP contribution in [0.15, 0.2) is 89.7 Å². The van der Waals surface area contributed by atoms with Crippen LogP contribution in [0.5, 0.6) is 5.75 Å². The maximum absolute atomic E-state index is 9.57. The first-order valence-electron chi connectivity index (χ1n) is 7.51. The van der Waals surface area contributed by atoms with E-state index in [0.717, 1.165) is 17.6 Å². The van der Waals surface area contributed by atoms with Gasteiger partial charge in [-0.25, -0.2) is 0 Å². The van der Waals surface area contributed by atoms with Crippen molar-refractivity contribution >= 4 is 5.57 Å². The van der Waals surface area contributed by atoms with Gasteiger partial charge in [-0.2, -0.15) is 0 Å². The van der Waals surface area contributed by atoms with Crippen LogP contribution in [0.1, 0.15) is 24.5 Å². The molecule has 1 aliphatic carbocycles. The number of phenolic OH excluding ortho intramolecular Hbond substituents is 1. The predicted octanol–water partition coefficient (Wildman–Crippen LogP) is 5.26. The zero-order valence-electron chi connectivity index (χ0n) is 12.6.